The predicted octanol–water partition coefficient (Wildman–Crippen LogP) is 5.55. The number of nitrogens with zero attached hydrogens (tertiary/aromatic N) is 3. The van der Waals surface area contributed by atoms with Crippen molar-refractivity contribution < 1.29 is 13.9 Å². The highest BCUT2D eigenvalue weighted by Crippen LogP contribution is 2.26. The summed E-state index contributed by atoms with van der Waals surface area (Å²) in [6.07, 6.45) is 2.11. The molecule has 176 valence electrons. The molecule has 0 spiro atoms. The first-order chi connectivity index (χ1) is 17.2. The van der Waals surface area contributed by atoms with Gasteiger partial charge in [-0.1, -0.05) is 30.3 Å². The van der Waals surface area contributed by atoms with Crippen molar-refractivity contribution >= 4 is 33.5 Å². The van der Waals surface area contributed by atoms with Crippen LogP contribution in [0.4, 0.5) is 10.1 Å². The molecule has 0 unspecified atom stereocenters. The van der Waals surface area contributed by atoms with E-state index in [-0.39, 0.29) is 11.7 Å². The molecule has 0 saturated carbocycles. The second-order valence-electron chi connectivity index (χ2n) is 8.86. The molecule has 0 fully saturated rings. The zero-order chi connectivity index (χ0) is 23.8. The summed E-state index contributed by atoms with van der Waals surface area (Å²) in [6, 6.07) is 22.1. The summed E-state index contributed by atoms with van der Waals surface area (Å²) in [4.78, 5) is 18.0. The minimum Gasteiger partial charge on any atom is -0.375 e. The lowest BCUT2D eigenvalue weighted by atomic mass is 10.2. The minimum absolute atomic E-state index is 0.254. The number of ether oxygens (including phenoxy) is 1. The van der Waals surface area contributed by atoms with Crippen molar-refractivity contribution in [2.75, 3.05) is 11.9 Å². The highest BCUT2D eigenvalue weighted by atomic mass is 19.1. The van der Waals surface area contributed by atoms with Gasteiger partial charge in [0.15, 0.2) is 0 Å². The van der Waals surface area contributed by atoms with E-state index in [4.69, 9.17) is 9.72 Å². The molecule has 1 aliphatic heterocycles. The lowest BCUT2D eigenvalue weighted by molar-refractivity contribution is 0.0997. The van der Waals surface area contributed by atoms with E-state index in [0.29, 0.717) is 36.5 Å². The van der Waals surface area contributed by atoms with Crippen LogP contribution in [0.1, 0.15) is 28.3 Å². The number of nitrogens with one attached hydrogen (secondary N) is 1. The zero-order valence-corrected chi connectivity index (χ0v) is 19.2. The first-order valence-electron chi connectivity index (χ1n) is 11.9. The van der Waals surface area contributed by atoms with Crippen LogP contribution in [0.5, 0.6) is 0 Å². The largest absolute Gasteiger partial charge is 0.375 e. The fraction of sp³-hybridized carbons (Fsp3) is 0.214. The molecule has 0 bridgehead atoms. The highest BCUT2D eigenvalue weighted by molar-refractivity contribution is 6.07. The van der Waals surface area contributed by atoms with Crippen LogP contribution in [0.3, 0.4) is 0 Å². The Hall–Kier alpha value is -3.97. The van der Waals surface area contributed by atoms with Gasteiger partial charge in [0.25, 0.3) is 5.91 Å². The molecule has 1 aliphatic rings. The number of halogens is 1. The van der Waals surface area contributed by atoms with Crippen LogP contribution in [0.25, 0.3) is 21.9 Å². The van der Waals surface area contributed by atoms with Gasteiger partial charge in [-0.2, -0.15) is 0 Å². The monoisotopic (exact) mass is 468 g/mol. The summed E-state index contributed by atoms with van der Waals surface area (Å²) in [5.74, 6) is 0.511. The number of hydrogen-bond acceptors (Lipinski definition) is 3. The van der Waals surface area contributed by atoms with Crippen molar-refractivity contribution in [2.45, 2.75) is 32.5 Å². The van der Waals surface area contributed by atoms with E-state index in [1.54, 1.807) is 12.1 Å². The van der Waals surface area contributed by atoms with Crippen molar-refractivity contribution in [3.05, 3.63) is 95.7 Å². The first-order valence-corrected chi connectivity index (χ1v) is 11.9. The van der Waals surface area contributed by atoms with E-state index in [2.05, 4.69) is 9.88 Å². The number of rotatable bonds is 7. The van der Waals surface area contributed by atoms with Gasteiger partial charge in [-0.25, -0.2) is 9.37 Å². The molecular weight excluding hydrogens is 443 g/mol. The second kappa shape index (κ2) is 9.00. The van der Waals surface area contributed by atoms with E-state index < -0.39 is 0 Å². The number of carbonyl (C=O) groups excluding carboxylic acids is 1. The van der Waals surface area contributed by atoms with Crippen LogP contribution in [0.2, 0.25) is 0 Å². The van der Waals surface area contributed by atoms with Crippen molar-refractivity contribution in [2.24, 2.45) is 0 Å². The molecule has 1 N–H and O–H groups in total. The van der Waals surface area contributed by atoms with Crippen molar-refractivity contribution in [3.63, 3.8) is 0 Å². The van der Waals surface area contributed by atoms with Crippen molar-refractivity contribution in [1.29, 1.82) is 0 Å². The minimum atomic E-state index is -0.333. The van der Waals surface area contributed by atoms with Gasteiger partial charge in [-0.3, -0.25) is 4.79 Å². The summed E-state index contributed by atoms with van der Waals surface area (Å²) in [7, 11) is 0. The smallest absolute Gasteiger partial charge is 0.272 e. The third-order valence-corrected chi connectivity index (χ3v) is 6.53. The normalized spacial score (nSPS) is 12.9. The van der Waals surface area contributed by atoms with E-state index in [9.17, 15) is 9.18 Å². The maximum atomic E-state index is 13.9. The third kappa shape index (κ3) is 4.19. The van der Waals surface area contributed by atoms with Gasteiger partial charge in [0.05, 0.1) is 24.2 Å². The molecule has 6 rings (SSSR count). The molecule has 0 radical (unpaired) electrons. The molecule has 3 heterocycles. The Kier molecular flexibility index (Phi) is 5.54. The topological polar surface area (TPSA) is 61.1 Å². The van der Waals surface area contributed by atoms with Crippen LogP contribution in [-0.4, -0.2) is 26.6 Å². The maximum absolute atomic E-state index is 13.9. The number of hydrogen-bond donors (Lipinski definition) is 1. The van der Waals surface area contributed by atoms with Crippen LogP contribution in [0, 0.1) is 5.82 Å². The highest BCUT2D eigenvalue weighted by Gasteiger charge is 2.19. The fourth-order valence-corrected chi connectivity index (χ4v) is 4.88. The number of anilines is 1. The van der Waals surface area contributed by atoms with E-state index in [1.165, 1.54) is 12.1 Å². The van der Waals surface area contributed by atoms with Crippen LogP contribution < -0.4 is 5.32 Å². The Morgan fingerprint density at radius 2 is 1.89 bits per heavy atom. The number of carbonyl (C=O) groups is 1. The Morgan fingerprint density at radius 1 is 1.03 bits per heavy atom. The molecule has 7 heteroatoms. The fourth-order valence-electron chi connectivity index (χ4n) is 4.88. The lowest BCUT2D eigenvalue weighted by Crippen LogP contribution is -2.18. The number of benzene rings is 3. The average Bonchev–Trinajstić information content (AvgIpc) is 3.55. The number of aryl methyl sites for hydroxylation is 2. The Labute approximate surface area is 202 Å². The molecule has 1 amide bonds. The molecule has 5 aromatic rings. The molecule has 3 aromatic carbocycles. The van der Waals surface area contributed by atoms with Gasteiger partial charge >= 0.3 is 0 Å². The molecule has 2 aromatic heterocycles. The number of fused-ring (bicyclic) bond motifs is 4. The summed E-state index contributed by atoms with van der Waals surface area (Å²) in [5, 5.41) is 3.68. The van der Waals surface area contributed by atoms with Gasteiger partial charge in [-0.15, -0.1) is 0 Å². The number of amides is 1. The molecular formula is C28H25FN4O2. The van der Waals surface area contributed by atoms with Gasteiger partial charge in [0.2, 0.25) is 0 Å². The van der Waals surface area contributed by atoms with E-state index in [1.807, 2.05) is 53.1 Å². The average molecular weight is 469 g/mol. The van der Waals surface area contributed by atoms with Crippen LogP contribution >= 0.6 is 0 Å². The quantitative estimate of drug-likeness (QED) is 0.319. The summed E-state index contributed by atoms with van der Waals surface area (Å²) in [5.41, 5.74) is 5.00. The summed E-state index contributed by atoms with van der Waals surface area (Å²) >= 11 is 0. The number of aromatic nitrogens is 3. The van der Waals surface area contributed by atoms with Crippen LogP contribution in [0.15, 0.2) is 72.8 Å². The van der Waals surface area contributed by atoms with Gasteiger partial charge in [-0.05, 0) is 54.4 Å². The molecule has 0 atom stereocenters. The van der Waals surface area contributed by atoms with E-state index in [0.717, 1.165) is 47.3 Å². The van der Waals surface area contributed by atoms with Crippen LogP contribution in [-0.2, 0) is 30.9 Å². The molecule has 6 nitrogen and oxygen atoms in total. The van der Waals surface area contributed by atoms with Gasteiger partial charge < -0.3 is 19.2 Å². The van der Waals surface area contributed by atoms with Gasteiger partial charge in [0.1, 0.15) is 17.3 Å². The lowest BCUT2D eigenvalue weighted by Gasteiger charge is -2.12. The second-order valence-corrected chi connectivity index (χ2v) is 8.86. The number of imidazole rings is 1. The van der Waals surface area contributed by atoms with E-state index >= 15 is 0 Å². The Bertz CT molecular complexity index is 1540. The first kappa shape index (κ1) is 21.6. The third-order valence-electron chi connectivity index (χ3n) is 6.53. The summed E-state index contributed by atoms with van der Waals surface area (Å²) in [6.45, 7) is 2.37. The Morgan fingerprint density at radius 3 is 2.77 bits per heavy atom. The molecule has 0 saturated heterocycles. The maximum Gasteiger partial charge on any atom is 0.272 e. The molecule has 0 aliphatic carbocycles. The molecule has 35 heavy (non-hydrogen) atoms. The van der Waals surface area contributed by atoms with Crippen molar-refractivity contribution in [1.82, 2.24) is 14.1 Å². The predicted molar refractivity (Wildman–Crippen MR) is 134 cm³/mol. The van der Waals surface area contributed by atoms with Crippen molar-refractivity contribution in [3.8, 4) is 0 Å². The van der Waals surface area contributed by atoms with Gasteiger partial charge in [0, 0.05) is 36.1 Å². The summed E-state index contributed by atoms with van der Waals surface area (Å²) < 4.78 is 23.9. The zero-order valence-electron chi connectivity index (χ0n) is 19.2. The SMILES string of the molecule is O=C(Nc1ccc2c(c1)nc1n2CCC1)c1cc2cc(F)ccc2n1CCOCc1ccccc1. The standard InChI is InChI=1S/C28H25FN4O2/c29-21-8-10-24-20(15-21)16-26(32(24)13-14-35-18-19-5-2-1-3-6-19)28(34)30-22-9-11-25-23(17-22)31-27-7-4-12-33(25)27/h1-3,5-6,8-11,15-17H,4,7,12-14,18H2,(H,30,34). The Balaban J connectivity index is 1.24.